The Morgan fingerprint density at radius 1 is 0.927 bits per heavy atom. The molecule has 242 valence electrons. The lowest BCUT2D eigenvalue weighted by atomic mass is 9.86. The molecule has 41 heavy (non-hydrogen) atoms. The molecule has 2 saturated heterocycles. The van der Waals surface area contributed by atoms with E-state index in [4.69, 9.17) is 23.5 Å². The van der Waals surface area contributed by atoms with Gasteiger partial charge in [-0.1, -0.05) is 6.92 Å². The Morgan fingerprint density at radius 3 is 2.05 bits per heavy atom. The first kappa shape index (κ1) is 36.4. The number of aliphatic carboxylic acids is 1. The number of rotatable bonds is 15. The third kappa shape index (κ3) is 11.0. The van der Waals surface area contributed by atoms with Crippen LogP contribution < -0.4 is 4.72 Å². The molecule has 0 radical (unpaired) electrons. The smallest absolute Gasteiger partial charge is 0.397 e. The lowest BCUT2D eigenvalue weighted by molar-refractivity contribution is -0.321. The van der Waals surface area contributed by atoms with Crippen LogP contribution in [0.2, 0.25) is 0 Å². The average Bonchev–Trinajstić information content (AvgIpc) is 2.81. The molecule has 2 fully saturated rings. The minimum absolute atomic E-state index is 0.0125. The molecule has 0 saturated carbocycles. The van der Waals surface area contributed by atoms with Crippen LogP contribution in [-0.4, -0.2) is 141 Å². The zero-order chi connectivity index (χ0) is 31.3. The van der Waals surface area contributed by atoms with Gasteiger partial charge >= 0.3 is 37.1 Å². The maximum Gasteiger partial charge on any atom is 0.397 e. The Labute approximate surface area is 240 Å². The molecular weight excluding hydrogens is 650 g/mol. The van der Waals surface area contributed by atoms with Gasteiger partial charge in [0.25, 0.3) is 0 Å². The van der Waals surface area contributed by atoms with Gasteiger partial charge in [-0.25, -0.2) is 13.2 Å². The van der Waals surface area contributed by atoms with Gasteiger partial charge in [-0.2, -0.15) is 42.6 Å². The highest BCUT2D eigenvalue weighted by atomic mass is 32.3. The summed E-state index contributed by atoms with van der Waals surface area (Å²) in [5.41, 5.74) is 0. The number of nitrogens with one attached hydrogen (secondary N) is 1. The van der Waals surface area contributed by atoms with Gasteiger partial charge in [0, 0.05) is 11.7 Å². The fourth-order valence-corrected chi connectivity index (χ4v) is 5.88. The molecule has 0 spiro atoms. The summed E-state index contributed by atoms with van der Waals surface area (Å²) in [4.78, 5) is 11.8. The second kappa shape index (κ2) is 14.8. The molecular formula is C17H31NO19S4. The maximum absolute atomic E-state index is 11.8. The highest BCUT2D eigenvalue weighted by molar-refractivity contribution is 7.83. The second-order valence-electron chi connectivity index (χ2n) is 8.75. The van der Waals surface area contributed by atoms with Gasteiger partial charge < -0.3 is 34.3 Å². The predicted octanol–water partition coefficient (Wildman–Crippen LogP) is -3.59. The van der Waals surface area contributed by atoms with E-state index in [-0.39, 0.29) is 18.8 Å². The summed E-state index contributed by atoms with van der Waals surface area (Å²) < 4.78 is 128. The number of thiol groups is 1. The molecule has 0 aromatic rings. The minimum atomic E-state index is -5.36. The van der Waals surface area contributed by atoms with E-state index in [0.29, 0.717) is 0 Å². The number of carboxylic acids is 1. The molecule has 0 amide bonds. The number of hydrogen-bond donors (Lipinski definition) is 8. The summed E-state index contributed by atoms with van der Waals surface area (Å²) in [5.74, 6) is -2.77. The van der Waals surface area contributed by atoms with E-state index in [0.717, 1.165) is 0 Å². The first-order valence-corrected chi connectivity index (χ1v) is 16.3. The topological polar surface area (TPSA) is 308 Å². The van der Waals surface area contributed by atoms with Crippen LogP contribution in [0.25, 0.3) is 0 Å². The zero-order valence-electron chi connectivity index (χ0n) is 21.0. The number of carbonyl (C=O) groups is 1. The van der Waals surface area contributed by atoms with E-state index < -0.39 is 111 Å². The molecule has 2 aliphatic heterocycles. The summed E-state index contributed by atoms with van der Waals surface area (Å²) in [6.07, 6.45) is -15.9. The van der Waals surface area contributed by atoms with Crippen molar-refractivity contribution in [3.8, 4) is 0 Å². The number of hydrogen-bond acceptors (Lipinski definition) is 16. The van der Waals surface area contributed by atoms with Gasteiger partial charge in [0.05, 0.1) is 32.0 Å². The van der Waals surface area contributed by atoms with Crippen LogP contribution in [0.4, 0.5) is 0 Å². The normalized spacial score (nSPS) is 35.3. The van der Waals surface area contributed by atoms with Gasteiger partial charge in [-0.3, -0.25) is 13.7 Å². The van der Waals surface area contributed by atoms with E-state index in [1.165, 1.54) is 6.92 Å². The minimum Gasteiger partial charge on any atom is -0.479 e. The number of ether oxygens (including phenoxy) is 4. The molecule has 7 N–H and O–H groups in total. The Kier molecular flexibility index (Phi) is 13.1. The summed E-state index contributed by atoms with van der Waals surface area (Å²) in [6, 6.07) is -1.83. The summed E-state index contributed by atoms with van der Waals surface area (Å²) in [6.45, 7) is -0.225. The molecule has 2 rings (SSSR count). The van der Waals surface area contributed by atoms with E-state index in [1.54, 1.807) is 4.72 Å². The van der Waals surface area contributed by atoms with Crippen molar-refractivity contribution in [1.82, 2.24) is 4.72 Å². The van der Waals surface area contributed by atoms with E-state index in [2.05, 4.69) is 21.0 Å². The lowest BCUT2D eigenvalue weighted by Gasteiger charge is -2.47. The maximum atomic E-state index is 11.8. The van der Waals surface area contributed by atoms with Crippen molar-refractivity contribution in [3.63, 3.8) is 0 Å². The summed E-state index contributed by atoms with van der Waals surface area (Å²) in [7, 11) is -15.6. The Hall–Kier alpha value is -0.810. The summed E-state index contributed by atoms with van der Waals surface area (Å²) >= 11 is 3.93. The first-order chi connectivity index (χ1) is 18.8. The molecule has 24 heteroatoms. The van der Waals surface area contributed by atoms with Crippen molar-refractivity contribution in [2.24, 2.45) is 5.92 Å². The Balaban J connectivity index is 2.53. The van der Waals surface area contributed by atoms with Crippen molar-refractivity contribution in [2.45, 2.75) is 68.4 Å². The van der Waals surface area contributed by atoms with Crippen molar-refractivity contribution >= 4 is 49.7 Å². The highest BCUT2D eigenvalue weighted by Gasteiger charge is 2.54. The fourth-order valence-electron chi connectivity index (χ4n) is 4.32. The van der Waals surface area contributed by atoms with Gasteiger partial charge in [-0.15, -0.1) is 0 Å². The number of aliphatic hydroxyl groups is 2. The molecule has 2 aliphatic rings. The van der Waals surface area contributed by atoms with Gasteiger partial charge in [-0.05, 0) is 6.42 Å². The molecule has 20 nitrogen and oxygen atoms in total. The molecule has 0 aliphatic carbocycles. The Morgan fingerprint density at radius 2 is 1.56 bits per heavy atom. The number of aliphatic hydroxyl groups excluding tert-OH is 2. The molecule has 0 aromatic carbocycles. The van der Waals surface area contributed by atoms with Crippen molar-refractivity contribution < 1.29 is 86.3 Å². The van der Waals surface area contributed by atoms with Crippen LogP contribution in [-0.2, 0) is 63.2 Å². The average molecular weight is 682 g/mol. The third-order valence-electron chi connectivity index (χ3n) is 5.96. The molecule has 10 atom stereocenters. The fraction of sp³-hybridized carbons (Fsp3) is 0.941. The van der Waals surface area contributed by atoms with Crippen LogP contribution >= 0.6 is 12.6 Å². The third-order valence-corrected chi connectivity index (χ3v) is 7.61. The van der Waals surface area contributed by atoms with Crippen molar-refractivity contribution in [2.75, 3.05) is 25.6 Å². The van der Waals surface area contributed by atoms with Gasteiger partial charge in [0.2, 0.25) is 0 Å². The van der Waals surface area contributed by atoms with Crippen LogP contribution in [0.3, 0.4) is 0 Å². The van der Waals surface area contributed by atoms with E-state index in [1.807, 2.05) is 0 Å². The standard InChI is InChI=1S/C17H31NO19S4/c1-2-7-11(19)15(37-41(29,30)31)17(35-13(7)16(21)22)36-14-9(6-33-40(26,27)28)34-8(5-32-3-4-38)10(12(14)20)18-39(23,24)25/h7-15,17-20,38H,2-6H2,1H3,(H,21,22)(H,23,24,25)(H,26,27,28)(H,29,30,31)/t7-,8+,9?,10?,11+,12-,13?,14+,15?,17-/m0/s1. The van der Waals surface area contributed by atoms with E-state index in [9.17, 15) is 54.5 Å². The molecule has 2 heterocycles. The predicted molar refractivity (Wildman–Crippen MR) is 133 cm³/mol. The molecule has 0 bridgehead atoms. The first-order valence-electron chi connectivity index (χ1n) is 11.5. The largest absolute Gasteiger partial charge is 0.479 e. The molecule has 0 aromatic heterocycles. The highest BCUT2D eigenvalue weighted by Crippen LogP contribution is 2.35. The quantitative estimate of drug-likeness (QED) is 0.0470. The van der Waals surface area contributed by atoms with Crippen LogP contribution in [0.5, 0.6) is 0 Å². The Bertz CT molecular complexity index is 1190. The van der Waals surface area contributed by atoms with Crippen LogP contribution in [0.15, 0.2) is 0 Å². The SMILES string of the molecule is CC[C@@H]1C(C(=O)O)O[C@@H](O[C@@H]2C(COS(=O)(=O)O)O[C@H](COCCS)C(NS(=O)(=O)O)[C@@H]2O)C(OS(=O)(=O)O)[C@@H]1O. The van der Waals surface area contributed by atoms with Gasteiger partial charge in [0.1, 0.15) is 24.4 Å². The summed E-state index contributed by atoms with van der Waals surface area (Å²) in [5, 5.41) is 31.4. The van der Waals surface area contributed by atoms with Crippen molar-refractivity contribution in [1.29, 1.82) is 0 Å². The van der Waals surface area contributed by atoms with Crippen molar-refractivity contribution in [3.05, 3.63) is 0 Å². The number of carboxylic acid groups (broad SMARTS) is 1. The second-order valence-corrected chi connectivity index (χ2v) is 12.5. The molecule has 4 unspecified atom stereocenters. The monoisotopic (exact) mass is 681 g/mol. The van der Waals surface area contributed by atoms with E-state index >= 15 is 0 Å². The lowest BCUT2D eigenvalue weighted by Crippen LogP contribution is -2.68. The van der Waals surface area contributed by atoms with Crippen LogP contribution in [0.1, 0.15) is 13.3 Å². The van der Waals surface area contributed by atoms with Gasteiger partial charge in [0.15, 0.2) is 18.5 Å². The zero-order valence-corrected chi connectivity index (χ0v) is 24.3. The van der Waals surface area contributed by atoms with Crippen LogP contribution in [0, 0.1) is 5.92 Å².